The van der Waals surface area contributed by atoms with Gasteiger partial charge in [-0.3, -0.25) is 4.79 Å². The van der Waals surface area contributed by atoms with Gasteiger partial charge < -0.3 is 15.8 Å². The van der Waals surface area contributed by atoms with Crippen LogP contribution in [-0.2, 0) is 22.5 Å². The first-order valence-electron chi connectivity index (χ1n) is 5.43. The lowest BCUT2D eigenvalue weighted by Gasteiger charge is -2.26. The van der Waals surface area contributed by atoms with Gasteiger partial charge in [0.05, 0.1) is 25.7 Å². The van der Waals surface area contributed by atoms with E-state index in [1.807, 2.05) is 24.3 Å². The molecule has 0 aliphatic carbocycles. The number of hydrogen-bond donors (Lipinski definition) is 2. The summed E-state index contributed by atoms with van der Waals surface area (Å²) < 4.78 is 5.00. The van der Waals surface area contributed by atoms with Crippen molar-refractivity contribution in [3.05, 3.63) is 35.4 Å². The van der Waals surface area contributed by atoms with Gasteiger partial charge in [0.25, 0.3) is 0 Å². The third-order valence-electron chi connectivity index (χ3n) is 2.69. The van der Waals surface area contributed by atoms with Gasteiger partial charge in [0.2, 0.25) is 5.91 Å². The van der Waals surface area contributed by atoms with Crippen LogP contribution in [0.25, 0.3) is 0 Å². The largest absolute Gasteiger partial charge is 0.377 e. The molecular formula is C12H16N2O2. The highest BCUT2D eigenvalue weighted by molar-refractivity contribution is 5.79. The minimum absolute atomic E-state index is 0.0363. The summed E-state index contributed by atoms with van der Waals surface area (Å²) in [6, 6.07) is 7.95. The van der Waals surface area contributed by atoms with Crippen LogP contribution in [0.1, 0.15) is 11.1 Å². The Morgan fingerprint density at radius 1 is 1.38 bits per heavy atom. The molecule has 1 aliphatic rings. The molecule has 0 saturated carbocycles. The van der Waals surface area contributed by atoms with Gasteiger partial charge in [-0.15, -0.1) is 0 Å². The first kappa shape index (κ1) is 11.1. The number of ether oxygens (including phenoxy) is 1. The van der Waals surface area contributed by atoms with E-state index in [1.54, 1.807) is 0 Å². The highest BCUT2D eigenvalue weighted by Crippen LogP contribution is 2.09. The van der Waals surface area contributed by atoms with Crippen molar-refractivity contribution in [1.29, 1.82) is 0 Å². The van der Waals surface area contributed by atoms with Crippen LogP contribution in [-0.4, -0.2) is 25.2 Å². The summed E-state index contributed by atoms with van der Waals surface area (Å²) >= 11 is 0. The molecular weight excluding hydrogens is 204 g/mol. The molecule has 1 heterocycles. The van der Waals surface area contributed by atoms with Crippen molar-refractivity contribution in [2.75, 3.05) is 13.2 Å². The fraction of sp³-hybridized carbons (Fsp3) is 0.417. The van der Waals surface area contributed by atoms with Gasteiger partial charge in [-0.2, -0.15) is 0 Å². The molecule has 0 spiro atoms. The molecule has 16 heavy (non-hydrogen) atoms. The fourth-order valence-corrected chi connectivity index (χ4v) is 1.70. The Bertz CT molecular complexity index is 375. The quantitative estimate of drug-likeness (QED) is 0.762. The van der Waals surface area contributed by atoms with Gasteiger partial charge in [-0.1, -0.05) is 24.3 Å². The lowest BCUT2D eigenvalue weighted by atomic mass is 10.0. The number of carbonyl (C=O) groups is 1. The Morgan fingerprint density at radius 3 is 2.62 bits per heavy atom. The average Bonchev–Trinajstić information content (AvgIpc) is 2.24. The molecule has 1 amide bonds. The Labute approximate surface area is 94.8 Å². The maximum Gasteiger partial charge on any atom is 0.224 e. The number of rotatable bonds is 4. The molecule has 86 valence electrons. The smallest absolute Gasteiger partial charge is 0.224 e. The van der Waals surface area contributed by atoms with E-state index in [2.05, 4.69) is 5.32 Å². The fourth-order valence-electron chi connectivity index (χ4n) is 1.70. The van der Waals surface area contributed by atoms with E-state index >= 15 is 0 Å². The van der Waals surface area contributed by atoms with E-state index < -0.39 is 0 Å². The topological polar surface area (TPSA) is 64.4 Å². The van der Waals surface area contributed by atoms with Crippen molar-refractivity contribution >= 4 is 5.91 Å². The van der Waals surface area contributed by atoms with Crippen LogP contribution in [0.15, 0.2) is 24.3 Å². The number of nitrogens with one attached hydrogen (secondary N) is 1. The van der Waals surface area contributed by atoms with Crippen molar-refractivity contribution in [2.24, 2.45) is 5.73 Å². The maximum atomic E-state index is 11.7. The van der Waals surface area contributed by atoms with E-state index in [1.165, 1.54) is 0 Å². The van der Waals surface area contributed by atoms with Crippen LogP contribution in [0.2, 0.25) is 0 Å². The number of hydrogen-bond acceptors (Lipinski definition) is 3. The van der Waals surface area contributed by atoms with Crippen molar-refractivity contribution in [3.8, 4) is 0 Å². The second-order valence-electron chi connectivity index (χ2n) is 3.95. The number of benzene rings is 1. The Kier molecular flexibility index (Phi) is 3.54. The van der Waals surface area contributed by atoms with E-state index in [-0.39, 0.29) is 11.9 Å². The maximum absolute atomic E-state index is 11.7. The molecule has 1 aromatic carbocycles. The molecule has 1 fully saturated rings. The zero-order valence-corrected chi connectivity index (χ0v) is 9.11. The standard InChI is InChI=1S/C12H16N2O2/c13-6-10-4-2-1-3-9(10)5-12(15)14-11-7-16-8-11/h1-4,11H,5-8,13H2,(H,14,15). The van der Waals surface area contributed by atoms with E-state index in [0.29, 0.717) is 26.2 Å². The number of amides is 1. The highest BCUT2D eigenvalue weighted by Gasteiger charge is 2.20. The molecule has 1 aromatic rings. The van der Waals surface area contributed by atoms with Crippen molar-refractivity contribution in [2.45, 2.75) is 19.0 Å². The van der Waals surface area contributed by atoms with Gasteiger partial charge in [-0.05, 0) is 11.1 Å². The minimum Gasteiger partial charge on any atom is -0.377 e. The van der Waals surface area contributed by atoms with Crippen LogP contribution >= 0.6 is 0 Å². The number of nitrogens with two attached hydrogens (primary N) is 1. The van der Waals surface area contributed by atoms with Crippen LogP contribution < -0.4 is 11.1 Å². The van der Waals surface area contributed by atoms with Gasteiger partial charge in [-0.25, -0.2) is 0 Å². The Balaban J connectivity index is 1.94. The molecule has 0 bridgehead atoms. The van der Waals surface area contributed by atoms with Gasteiger partial charge in [0.1, 0.15) is 0 Å². The zero-order chi connectivity index (χ0) is 11.4. The van der Waals surface area contributed by atoms with E-state index in [9.17, 15) is 4.79 Å². The summed E-state index contributed by atoms with van der Waals surface area (Å²) in [5.41, 5.74) is 7.65. The Hall–Kier alpha value is -1.39. The zero-order valence-electron chi connectivity index (χ0n) is 9.11. The molecule has 4 nitrogen and oxygen atoms in total. The van der Waals surface area contributed by atoms with Gasteiger partial charge in [0.15, 0.2) is 0 Å². The molecule has 0 atom stereocenters. The lowest BCUT2D eigenvalue weighted by Crippen LogP contribution is -2.49. The van der Waals surface area contributed by atoms with Crippen LogP contribution in [0.3, 0.4) is 0 Å². The predicted octanol–water partition coefficient (Wildman–Crippen LogP) is 0.203. The third kappa shape index (κ3) is 2.59. The second-order valence-corrected chi connectivity index (χ2v) is 3.95. The normalized spacial score (nSPS) is 15.6. The van der Waals surface area contributed by atoms with Crippen molar-refractivity contribution in [3.63, 3.8) is 0 Å². The molecule has 2 rings (SSSR count). The molecule has 1 aliphatic heterocycles. The van der Waals surface area contributed by atoms with Crippen LogP contribution in [0.5, 0.6) is 0 Å². The summed E-state index contributed by atoms with van der Waals surface area (Å²) in [5, 5.41) is 2.91. The second kappa shape index (κ2) is 5.09. The summed E-state index contributed by atoms with van der Waals surface area (Å²) in [4.78, 5) is 11.7. The van der Waals surface area contributed by atoms with E-state index in [0.717, 1.165) is 11.1 Å². The SMILES string of the molecule is NCc1ccccc1CC(=O)NC1COC1. The first-order valence-corrected chi connectivity index (χ1v) is 5.43. The van der Waals surface area contributed by atoms with Crippen molar-refractivity contribution < 1.29 is 9.53 Å². The third-order valence-corrected chi connectivity index (χ3v) is 2.69. The molecule has 0 radical (unpaired) electrons. The number of carbonyl (C=O) groups excluding carboxylic acids is 1. The first-order chi connectivity index (χ1) is 7.79. The predicted molar refractivity (Wildman–Crippen MR) is 60.8 cm³/mol. The highest BCUT2D eigenvalue weighted by atomic mass is 16.5. The summed E-state index contributed by atoms with van der Waals surface area (Å²) in [6.45, 7) is 1.73. The molecule has 4 heteroatoms. The molecule has 3 N–H and O–H groups in total. The summed E-state index contributed by atoms with van der Waals surface area (Å²) in [5.74, 6) is 0.0363. The average molecular weight is 220 g/mol. The molecule has 1 saturated heterocycles. The van der Waals surface area contributed by atoms with Gasteiger partial charge in [0, 0.05) is 6.54 Å². The Morgan fingerprint density at radius 2 is 2.06 bits per heavy atom. The summed E-state index contributed by atoms with van der Waals surface area (Å²) in [6.07, 6.45) is 0.393. The minimum atomic E-state index is 0.0363. The lowest BCUT2D eigenvalue weighted by molar-refractivity contribution is -0.124. The van der Waals surface area contributed by atoms with Crippen LogP contribution in [0, 0.1) is 0 Å². The van der Waals surface area contributed by atoms with Crippen LogP contribution in [0.4, 0.5) is 0 Å². The van der Waals surface area contributed by atoms with Gasteiger partial charge >= 0.3 is 0 Å². The monoisotopic (exact) mass is 220 g/mol. The molecule has 0 aromatic heterocycles. The molecule has 0 unspecified atom stereocenters. The van der Waals surface area contributed by atoms with Crippen molar-refractivity contribution in [1.82, 2.24) is 5.32 Å². The van der Waals surface area contributed by atoms with E-state index in [4.69, 9.17) is 10.5 Å². The summed E-state index contributed by atoms with van der Waals surface area (Å²) in [7, 11) is 0.